The average molecular weight is 727 g/mol. The van der Waals surface area contributed by atoms with Crippen molar-refractivity contribution in [2.75, 3.05) is 4.90 Å². The Labute approximate surface area is 332 Å². The molecule has 7 aromatic carbocycles. The van der Waals surface area contributed by atoms with Gasteiger partial charge >= 0.3 is 0 Å². The molecule has 1 aliphatic carbocycles. The fraction of sp³-hybridized carbons (Fsp3) is 0.222. The molecule has 1 saturated carbocycles. The van der Waals surface area contributed by atoms with Crippen LogP contribution in [0.1, 0.15) is 58.1 Å². The van der Waals surface area contributed by atoms with E-state index in [2.05, 4.69) is 207 Å². The summed E-state index contributed by atoms with van der Waals surface area (Å²) in [7, 11) is 0. The molecule has 2 aliphatic rings. The summed E-state index contributed by atoms with van der Waals surface area (Å²) in [6.07, 6.45) is 3.59. The van der Waals surface area contributed by atoms with Crippen molar-refractivity contribution in [1.29, 1.82) is 0 Å². The molecule has 1 spiro atoms. The molecule has 2 heteroatoms. The van der Waals surface area contributed by atoms with Crippen LogP contribution < -0.4 is 4.90 Å². The van der Waals surface area contributed by atoms with Gasteiger partial charge in [-0.25, -0.2) is 0 Å². The summed E-state index contributed by atoms with van der Waals surface area (Å²) in [5, 5.41) is 2.64. The van der Waals surface area contributed by atoms with Crippen molar-refractivity contribution in [3.8, 4) is 27.9 Å². The summed E-state index contributed by atoms with van der Waals surface area (Å²) in [6.45, 7) is 9.87. The number of nitrogens with zero attached hydrogens (tertiary/aromatic N) is 2. The Morgan fingerprint density at radius 3 is 2.00 bits per heavy atom. The number of aromatic nitrogens is 1. The van der Waals surface area contributed by atoms with Crippen LogP contribution in [0.4, 0.5) is 17.1 Å². The van der Waals surface area contributed by atoms with E-state index in [1.807, 2.05) is 0 Å². The molecule has 10 rings (SSSR count). The van der Waals surface area contributed by atoms with Crippen molar-refractivity contribution in [3.63, 3.8) is 0 Å². The van der Waals surface area contributed by atoms with Crippen LogP contribution in [0, 0.1) is 23.7 Å². The molecule has 0 bridgehead atoms. The molecule has 0 radical (unpaired) electrons. The summed E-state index contributed by atoms with van der Waals surface area (Å²) in [4.78, 5) is 2.54. The predicted octanol–water partition coefficient (Wildman–Crippen LogP) is 14.9. The summed E-state index contributed by atoms with van der Waals surface area (Å²) < 4.78 is 2.61. The lowest BCUT2D eigenvalue weighted by atomic mass is 9.52. The number of rotatable bonds is 7. The van der Waals surface area contributed by atoms with Gasteiger partial charge in [0.15, 0.2) is 0 Å². The normalized spacial score (nSPS) is 20.1. The Balaban J connectivity index is 1.30. The molecule has 0 saturated heterocycles. The van der Waals surface area contributed by atoms with Gasteiger partial charge in [-0.1, -0.05) is 155 Å². The van der Waals surface area contributed by atoms with Gasteiger partial charge in [-0.05, 0) is 113 Å². The monoisotopic (exact) mass is 726 g/mol. The molecule has 1 aliphatic heterocycles. The molecule has 2 unspecified atom stereocenters. The highest BCUT2D eigenvalue weighted by Crippen LogP contribution is 2.60. The number of fused-ring (bicyclic) bond motifs is 7. The van der Waals surface area contributed by atoms with Crippen molar-refractivity contribution in [2.45, 2.75) is 52.4 Å². The molecular weight excluding hydrogens is 677 g/mol. The third-order valence-corrected chi connectivity index (χ3v) is 13.3. The Hall–Kier alpha value is -5.86. The lowest BCUT2D eigenvalue weighted by Crippen LogP contribution is -2.47. The quantitative estimate of drug-likeness (QED) is 0.159. The Kier molecular flexibility index (Phi) is 8.47. The first-order chi connectivity index (χ1) is 27.4. The first-order valence-corrected chi connectivity index (χ1v) is 20.7. The fourth-order valence-corrected chi connectivity index (χ4v) is 10.7. The standard InChI is InChI=1S/C54H50N2/c1-36(2)31-42-32-37(3)38(4)35-54(42)48-23-13-16-26-52(48)56-51-25-15-12-22-46(51)47-33-44(34-49(54)53(47)56)55(43-29-27-40(28-30-43)39-17-7-5-8-18-39)50-24-14-11-21-45(50)41-19-9-6-10-20-41/h5-30,33-34,36-38,42H,31-32,35H2,1-4H3/t37-,38?,42+,54?/m1/s1. The highest BCUT2D eigenvalue weighted by molar-refractivity contribution is 6.13. The molecule has 4 atom stereocenters. The first kappa shape index (κ1) is 34.6. The Morgan fingerprint density at radius 1 is 0.589 bits per heavy atom. The van der Waals surface area contributed by atoms with E-state index in [1.165, 1.54) is 85.1 Å². The molecule has 2 nitrogen and oxygen atoms in total. The minimum atomic E-state index is -0.118. The van der Waals surface area contributed by atoms with Crippen LogP contribution in [0.25, 0.3) is 49.7 Å². The topological polar surface area (TPSA) is 8.17 Å². The van der Waals surface area contributed by atoms with Crippen LogP contribution in [0.3, 0.4) is 0 Å². The molecule has 1 fully saturated rings. The lowest BCUT2D eigenvalue weighted by molar-refractivity contribution is 0.107. The van der Waals surface area contributed by atoms with E-state index in [0.29, 0.717) is 23.7 Å². The highest BCUT2D eigenvalue weighted by atomic mass is 15.1. The number of para-hydroxylation sites is 3. The summed E-state index contributed by atoms with van der Waals surface area (Å²) >= 11 is 0. The molecule has 0 amide bonds. The first-order valence-electron chi connectivity index (χ1n) is 20.7. The van der Waals surface area contributed by atoms with Crippen LogP contribution in [0.5, 0.6) is 0 Å². The van der Waals surface area contributed by atoms with E-state index in [9.17, 15) is 0 Å². The maximum Gasteiger partial charge on any atom is 0.0583 e. The minimum Gasteiger partial charge on any atom is -0.310 e. The van der Waals surface area contributed by atoms with Crippen molar-refractivity contribution < 1.29 is 0 Å². The molecule has 1 aromatic heterocycles. The average Bonchev–Trinajstić information content (AvgIpc) is 3.57. The zero-order valence-electron chi connectivity index (χ0n) is 33.0. The number of hydrogen-bond acceptors (Lipinski definition) is 1. The smallest absolute Gasteiger partial charge is 0.0583 e. The van der Waals surface area contributed by atoms with Gasteiger partial charge in [0.2, 0.25) is 0 Å². The summed E-state index contributed by atoms with van der Waals surface area (Å²) in [5.74, 6) is 2.41. The van der Waals surface area contributed by atoms with E-state index >= 15 is 0 Å². The molecule has 56 heavy (non-hydrogen) atoms. The third kappa shape index (κ3) is 5.45. The lowest BCUT2D eigenvalue weighted by Gasteiger charge is -2.53. The van der Waals surface area contributed by atoms with Crippen LogP contribution in [-0.4, -0.2) is 4.57 Å². The van der Waals surface area contributed by atoms with Crippen molar-refractivity contribution in [3.05, 3.63) is 181 Å². The molecule has 8 aromatic rings. The second kappa shape index (κ2) is 13.7. The van der Waals surface area contributed by atoms with Crippen LogP contribution in [-0.2, 0) is 5.41 Å². The number of benzene rings is 7. The van der Waals surface area contributed by atoms with Gasteiger partial charge in [0, 0.05) is 33.1 Å². The zero-order valence-corrected chi connectivity index (χ0v) is 33.0. The molecule has 276 valence electrons. The van der Waals surface area contributed by atoms with Crippen LogP contribution in [0.15, 0.2) is 170 Å². The van der Waals surface area contributed by atoms with Gasteiger partial charge in [-0.15, -0.1) is 0 Å². The van der Waals surface area contributed by atoms with Crippen molar-refractivity contribution in [1.82, 2.24) is 4.57 Å². The SMILES string of the molecule is CC(C)C[C@H]1C[C@@H](C)C(C)CC12c1ccccc1-n1c3ccccc3c3cc(N(c4ccc(-c5ccccc5)cc4)c4ccccc4-c4ccccc4)cc2c31. The van der Waals surface area contributed by atoms with E-state index in [1.54, 1.807) is 0 Å². The van der Waals surface area contributed by atoms with Gasteiger partial charge in [0.1, 0.15) is 0 Å². The zero-order chi connectivity index (χ0) is 38.0. The van der Waals surface area contributed by atoms with E-state index in [-0.39, 0.29) is 5.41 Å². The second-order valence-electron chi connectivity index (χ2n) is 17.1. The number of hydrogen-bond donors (Lipinski definition) is 0. The largest absolute Gasteiger partial charge is 0.310 e. The molecule has 0 N–H and O–H groups in total. The Morgan fingerprint density at radius 2 is 1.23 bits per heavy atom. The van der Waals surface area contributed by atoms with E-state index in [0.717, 1.165) is 12.1 Å². The van der Waals surface area contributed by atoms with Crippen molar-refractivity contribution in [2.24, 2.45) is 23.7 Å². The fourth-order valence-electron chi connectivity index (χ4n) is 10.7. The summed E-state index contributed by atoms with van der Waals surface area (Å²) in [5.41, 5.74) is 15.3. The van der Waals surface area contributed by atoms with Crippen LogP contribution >= 0.6 is 0 Å². The van der Waals surface area contributed by atoms with Gasteiger partial charge in [0.05, 0.1) is 22.4 Å². The number of anilines is 3. The van der Waals surface area contributed by atoms with Gasteiger partial charge in [0.25, 0.3) is 0 Å². The van der Waals surface area contributed by atoms with Crippen molar-refractivity contribution >= 4 is 38.9 Å². The minimum absolute atomic E-state index is 0.118. The van der Waals surface area contributed by atoms with E-state index < -0.39 is 0 Å². The Bertz CT molecular complexity index is 2690. The maximum atomic E-state index is 2.62. The summed E-state index contributed by atoms with van der Waals surface area (Å²) in [6, 6.07) is 63.4. The van der Waals surface area contributed by atoms with Gasteiger partial charge < -0.3 is 9.47 Å². The molecular formula is C54H50N2. The maximum absolute atomic E-state index is 2.62. The third-order valence-electron chi connectivity index (χ3n) is 13.3. The highest BCUT2D eigenvalue weighted by Gasteiger charge is 2.52. The molecule has 2 heterocycles. The van der Waals surface area contributed by atoms with E-state index in [4.69, 9.17) is 0 Å². The van der Waals surface area contributed by atoms with Gasteiger partial charge in [-0.3, -0.25) is 0 Å². The predicted molar refractivity (Wildman–Crippen MR) is 238 cm³/mol. The van der Waals surface area contributed by atoms with Gasteiger partial charge in [-0.2, -0.15) is 0 Å². The van der Waals surface area contributed by atoms with Crippen LogP contribution in [0.2, 0.25) is 0 Å². The second-order valence-corrected chi connectivity index (χ2v) is 17.1.